The molecule has 3 atom stereocenters. The first-order chi connectivity index (χ1) is 16.0. The molecular formula is C26H31N3O4. The zero-order valence-corrected chi connectivity index (χ0v) is 19.2. The van der Waals surface area contributed by atoms with Crippen molar-refractivity contribution in [1.82, 2.24) is 4.90 Å². The zero-order chi connectivity index (χ0) is 23.4. The molecule has 1 saturated heterocycles. The van der Waals surface area contributed by atoms with E-state index in [1.165, 1.54) is 4.90 Å². The third kappa shape index (κ3) is 4.87. The van der Waals surface area contributed by atoms with Gasteiger partial charge in [-0.15, -0.1) is 0 Å². The summed E-state index contributed by atoms with van der Waals surface area (Å²) in [7, 11) is 1.64. The summed E-state index contributed by atoms with van der Waals surface area (Å²) in [5.74, 6) is 0.125. The van der Waals surface area contributed by atoms with Crippen LogP contribution in [-0.4, -0.2) is 48.5 Å². The minimum absolute atomic E-state index is 0.0726. The average Bonchev–Trinajstić information content (AvgIpc) is 3.24. The number of nitrogens with zero attached hydrogens (tertiary/aromatic N) is 2. The summed E-state index contributed by atoms with van der Waals surface area (Å²) < 4.78 is 5.02. The third-order valence-corrected chi connectivity index (χ3v) is 6.71. The van der Waals surface area contributed by atoms with E-state index in [0.717, 1.165) is 25.7 Å². The minimum atomic E-state index is -0.493. The van der Waals surface area contributed by atoms with E-state index in [-0.39, 0.29) is 17.9 Å². The van der Waals surface area contributed by atoms with Crippen LogP contribution in [0.15, 0.2) is 54.6 Å². The van der Waals surface area contributed by atoms with Crippen LogP contribution in [0.4, 0.5) is 16.2 Å². The van der Waals surface area contributed by atoms with Crippen LogP contribution in [0.25, 0.3) is 0 Å². The number of hydrogen-bond acceptors (Lipinski definition) is 4. The number of benzene rings is 2. The topological polar surface area (TPSA) is 79.0 Å². The van der Waals surface area contributed by atoms with Gasteiger partial charge in [-0.05, 0) is 68.5 Å². The fourth-order valence-corrected chi connectivity index (χ4v) is 5.04. The molecule has 3 amide bonds. The van der Waals surface area contributed by atoms with Crippen LogP contribution in [0.3, 0.4) is 0 Å². The van der Waals surface area contributed by atoms with Crippen molar-refractivity contribution in [1.29, 1.82) is 0 Å². The Morgan fingerprint density at radius 3 is 2.42 bits per heavy atom. The number of hydrogen-bond donors (Lipinski definition) is 1. The zero-order valence-electron chi connectivity index (χ0n) is 19.2. The molecule has 1 aliphatic heterocycles. The van der Waals surface area contributed by atoms with E-state index in [2.05, 4.69) is 5.32 Å². The summed E-state index contributed by atoms with van der Waals surface area (Å²) in [5, 5.41) is 2.98. The fraction of sp³-hybridized carbons (Fsp3) is 0.423. The second kappa shape index (κ2) is 10.1. The van der Waals surface area contributed by atoms with Gasteiger partial charge in [0.2, 0.25) is 5.91 Å². The maximum Gasteiger partial charge on any atom is 0.413 e. The Morgan fingerprint density at radius 2 is 1.73 bits per heavy atom. The first-order valence-electron chi connectivity index (χ1n) is 11.7. The molecule has 2 fully saturated rings. The first-order valence-corrected chi connectivity index (χ1v) is 11.7. The van der Waals surface area contributed by atoms with Crippen LogP contribution in [-0.2, 0) is 9.53 Å². The van der Waals surface area contributed by atoms with Crippen LogP contribution in [0.5, 0.6) is 0 Å². The smallest absolute Gasteiger partial charge is 0.413 e. The molecule has 1 N–H and O–H groups in total. The minimum Gasteiger partial charge on any atom is -0.449 e. The van der Waals surface area contributed by atoms with Crippen molar-refractivity contribution in [2.24, 2.45) is 5.92 Å². The van der Waals surface area contributed by atoms with E-state index in [9.17, 15) is 14.4 Å². The number of rotatable bonds is 5. The van der Waals surface area contributed by atoms with Gasteiger partial charge in [0.05, 0.1) is 6.61 Å². The van der Waals surface area contributed by atoms with Gasteiger partial charge < -0.3 is 15.0 Å². The number of amides is 3. The molecule has 4 rings (SSSR count). The lowest BCUT2D eigenvalue weighted by molar-refractivity contribution is -0.120. The molecule has 2 aliphatic rings. The van der Waals surface area contributed by atoms with E-state index < -0.39 is 12.1 Å². The van der Waals surface area contributed by atoms with Crippen molar-refractivity contribution in [3.05, 3.63) is 60.2 Å². The normalized spacial score (nSPS) is 21.8. The highest BCUT2D eigenvalue weighted by Gasteiger charge is 2.47. The molecule has 0 radical (unpaired) electrons. The number of likely N-dealkylation sites (tertiary alicyclic amines) is 1. The van der Waals surface area contributed by atoms with Gasteiger partial charge in [-0.25, -0.2) is 4.79 Å². The van der Waals surface area contributed by atoms with Gasteiger partial charge in [0.25, 0.3) is 5.91 Å². The predicted octanol–water partition coefficient (Wildman–Crippen LogP) is 4.69. The second-order valence-electron chi connectivity index (χ2n) is 8.74. The molecule has 7 heteroatoms. The Hall–Kier alpha value is -3.35. The summed E-state index contributed by atoms with van der Waals surface area (Å²) in [4.78, 5) is 41.9. The fourth-order valence-electron chi connectivity index (χ4n) is 5.04. The number of carbonyl (C=O) groups excluding carboxylic acids is 3. The average molecular weight is 450 g/mol. The highest BCUT2D eigenvalue weighted by molar-refractivity contribution is 6.02. The molecule has 3 unspecified atom stereocenters. The van der Waals surface area contributed by atoms with E-state index in [4.69, 9.17) is 4.74 Å². The van der Waals surface area contributed by atoms with Crippen molar-refractivity contribution in [2.45, 2.75) is 51.1 Å². The number of ether oxygens (including phenoxy) is 1. The predicted molar refractivity (Wildman–Crippen MR) is 127 cm³/mol. The monoisotopic (exact) mass is 449 g/mol. The lowest BCUT2D eigenvalue weighted by atomic mass is 9.84. The SMILES string of the molecule is CCOC(=O)N(C)c1ccc(NC(=O)C2CC3CCCCC3N2C(=O)c2ccccc2)cc1. The maximum atomic E-state index is 13.4. The van der Waals surface area contributed by atoms with Gasteiger partial charge in [0.15, 0.2) is 0 Å². The molecule has 2 aromatic carbocycles. The second-order valence-corrected chi connectivity index (χ2v) is 8.74. The first kappa shape index (κ1) is 22.8. The van der Waals surface area contributed by atoms with E-state index in [1.54, 1.807) is 38.2 Å². The molecule has 0 aromatic heterocycles. The van der Waals surface area contributed by atoms with Crippen LogP contribution < -0.4 is 10.2 Å². The standard InChI is InChI=1S/C26H31N3O4/c1-3-33-26(32)28(2)21-15-13-20(14-16-21)27-24(30)23-17-19-11-7-8-12-22(19)29(23)25(31)18-9-5-4-6-10-18/h4-6,9-10,13-16,19,22-23H,3,7-8,11-12,17H2,1-2H3,(H,27,30). The molecule has 2 aromatic rings. The number of nitrogens with one attached hydrogen (secondary N) is 1. The van der Waals surface area contributed by atoms with Gasteiger partial charge in [0, 0.05) is 30.0 Å². The van der Waals surface area contributed by atoms with E-state index in [0.29, 0.717) is 35.9 Å². The number of anilines is 2. The summed E-state index contributed by atoms with van der Waals surface area (Å²) in [6.07, 6.45) is 4.50. The van der Waals surface area contributed by atoms with Gasteiger partial charge in [-0.1, -0.05) is 31.0 Å². The Bertz CT molecular complexity index is 992. The molecule has 1 saturated carbocycles. The van der Waals surface area contributed by atoms with Crippen molar-refractivity contribution < 1.29 is 19.1 Å². The molecule has 0 bridgehead atoms. The van der Waals surface area contributed by atoms with E-state index >= 15 is 0 Å². The van der Waals surface area contributed by atoms with Gasteiger partial charge in [-0.2, -0.15) is 0 Å². The quantitative estimate of drug-likeness (QED) is 0.718. The largest absolute Gasteiger partial charge is 0.449 e. The summed E-state index contributed by atoms with van der Waals surface area (Å²) in [6.45, 7) is 2.06. The Balaban J connectivity index is 1.50. The molecule has 1 aliphatic carbocycles. The summed E-state index contributed by atoms with van der Waals surface area (Å²) in [5.41, 5.74) is 1.91. The van der Waals surface area contributed by atoms with Gasteiger partial charge in [0.1, 0.15) is 6.04 Å². The van der Waals surface area contributed by atoms with Crippen LogP contribution in [0, 0.1) is 5.92 Å². The Kier molecular flexibility index (Phi) is 6.96. The Labute approximate surface area is 194 Å². The Morgan fingerprint density at radius 1 is 1.03 bits per heavy atom. The van der Waals surface area contributed by atoms with Crippen LogP contribution >= 0.6 is 0 Å². The molecule has 0 spiro atoms. The van der Waals surface area contributed by atoms with Crippen molar-refractivity contribution in [2.75, 3.05) is 23.9 Å². The van der Waals surface area contributed by atoms with Crippen LogP contribution in [0.2, 0.25) is 0 Å². The van der Waals surface area contributed by atoms with Crippen LogP contribution in [0.1, 0.15) is 49.4 Å². The lowest BCUT2D eigenvalue weighted by Gasteiger charge is -2.33. The molecule has 174 valence electrons. The number of carbonyl (C=O) groups is 3. The lowest BCUT2D eigenvalue weighted by Crippen LogP contribution is -2.47. The van der Waals surface area contributed by atoms with Crippen molar-refractivity contribution in [3.63, 3.8) is 0 Å². The molecule has 33 heavy (non-hydrogen) atoms. The van der Waals surface area contributed by atoms with Gasteiger partial charge >= 0.3 is 6.09 Å². The van der Waals surface area contributed by atoms with E-state index in [1.807, 2.05) is 35.2 Å². The molecular weight excluding hydrogens is 418 g/mol. The third-order valence-electron chi connectivity index (χ3n) is 6.71. The van der Waals surface area contributed by atoms with Gasteiger partial charge in [-0.3, -0.25) is 14.5 Å². The molecule has 7 nitrogen and oxygen atoms in total. The highest BCUT2D eigenvalue weighted by atomic mass is 16.6. The molecule has 1 heterocycles. The summed E-state index contributed by atoms with van der Waals surface area (Å²) >= 11 is 0. The van der Waals surface area contributed by atoms with Crippen molar-refractivity contribution in [3.8, 4) is 0 Å². The number of fused-ring (bicyclic) bond motifs is 1. The van der Waals surface area contributed by atoms with Crippen molar-refractivity contribution >= 4 is 29.3 Å². The maximum absolute atomic E-state index is 13.4. The summed E-state index contributed by atoms with van der Waals surface area (Å²) in [6, 6.07) is 15.9. The highest BCUT2D eigenvalue weighted by Crippen LogP contribution is 2.41.